The minimum atomic E-state index is -0.228. The van der Waals surface area contributed by atoms with Gasteiger partial charge in [0.1, 0.15) is 0 Å². The number of amides is 2. The fraction of sp³-hybridized carbons (Fsp3) is 0.250. The van der Waals surface area contributed by atoms with Gasteiger partial charge in [-0.2, -0.15) is 0 Å². The normalized spacial score (nSPS) is 15.6. The highest BCUT2D eigenvalue weighted by Gasteiger charge is 2.34. The maximum Gasteiger partial charge on any atom is 0.261 e. The molecule has 0 N–H and O–H groups in total. The number of imide groups is 1. The number of carbonyl (C=O) groups is 2. The standard InChI is InChI=1S/C28H26N2O3S/c1-33-26-22(19-9-10-19)15-16-25(29-26)21(18-11-13-20(34-2)14-12-18)8-5-17-30-27(31)23-6-3-4-7-24(23)28(30)32/h3-4,6-8,11-16,19H,5,9-10,17H2,1-2H3. The van der Waals surface area contributed by atoms with Gasteiger partial charge < -0.3 is 4.74 Å². The van der Waals surface area contributed by atoms with Gasteiger partial charge in [0.15, 0.2) is 0 Å². The Balaban J connectivity index is 1.44. The first kappa shape index (κ1) is 22.4. The van der Waals surface area contributed by atoms with Gasteiger partial charge in [-0.3, -0.25) is 14.5 Å². The molecule has 5 nitrogen and oxygen atoms in total. The van der Waals surface area contributed by atoms with Gasteiger partial charge in [-0.25, -0.2) is 4.98 Å². The van der Waals surface area contributed by atoms with Crippen molar-refractivity contribution in [1.82, 2.24) is 9.88 Å². The molecule has 2 amide bonds. The van der Waals surface area contributed by atoms with E-state index in [1.54, 1.807) is 43.1 Å². The van der Waals surface area contributed by atoms with Crippen LogP contribution in [0.25, 0.3) is 5.57 Å². The van der Waals surface area contributed by atoms with Gasteiger partial charge in [0, 0.05) is 22.6 Å². The summed E-state index contributed by atoms with van der Waals surface area (Å²) in [6, 6.07) is 19.5. The molecule has 0 bridgehead atoms. The van der Waals surface area contributed by atoms with Crippen molar-refractivity contribution in [2.75, 3.05) is 19.9 Å². The molecule has 5 rings (SSSR count). The Kier molecular flexibility index (Phi) is 6.24. The van der Waals surface area contributed by atoms with E-state index in [9.17, 15) is 9.59 Å². The number of hydrogen-bond acceptors (Lipinski definition) is 5. The molecule has 1 saturated carbocycles. The molecule has 1 aliphatic carbocycles. The van der Waals surface area contributed by atoms with Crippen molar-refractivity contribution in [3.63, 3.8) is 0 Å². The Bertz CT molecular complexity index is 1240. The molecule has 1 aliphatic heterocycles. The highest BCUT2D eigenvalue weighted by atomic mass is 32.2. The molecule has 0 radical (unpaired) electrons. The van der Waals surface area contributed by atoms with Crippen LogP contribution < -0.4 is 4.74 Å². The summed E-state index contributed by atoms with van der Waals surface area (Å²) in [4.78, 5) is 32.8. The molecule has 0 saturated heterocycles. The molecular formula is C28H26N2O3S. The number of ether oxygens (including phenoxy) is 1. The molecule has 1 aromatic heterocycles. The van der Waals surface area contributed by atoms with Gasteiger partial charge in [-0.15, -0.1) is 11.8 Å². The molecular weight excluding hydrogens is 444 g/mol. The number of methoxy groups -OCH3 is 1. The number of pyridine rings is 1. The molecule has 172 valence electrons. The smallest absolute Gasteiger partial charge is 0.261 e. The quantitative estimate of drug-likeness (QED) is 0.307. The predicted molar refractivity (Wildman–Crippen MR) is 134 cm³/mol. The third kappa shape index (κ3) is 4.26. The van der Waals surface area contributed by atoms with E-state index in [1.807, 2.05) is 6.07 Å². The zero-order chi connectivity index (χ0) is 23.7. The minimum absolute atomic E-state index is 0.228. The zero-order valence-corrected chi connectivity index (χ0v) is 20.1. The molecule has 2 heterocycles. The first-order valence-corrected chi connectivity index (χ1v) is 12.7. The number of fused-ring (bicyclic) bond motifs is 1. The largest absolute Gasteiger partial charge is 0.481 e. The summed E-state index contributed by atoms with van der Waals surface area (Å²) >= 11 is 1.70. The van der Waals surface area contributed by atoms with Gasteiger partial charge in [-0.1, -0.05) is 36.4 Å². The summed E-state index contributed by atoms with van der Waals surface area (Å²) in [6.07, 6.45) is 7.00. The first-order chi connectivity index (χ1) is 16.6. The zero-order valence-electron chi connectivity index (χ0n) is 19.3. The molecule has 0 spiro atoms. The summed E-state index contributed by atoms with van der Waals surface area (Å²) in [5.74, 6) is 0.757. The molecule has 1 fully saturated rings. The van der Waals surface area contributed by atoms with E-state index in [1.165, 1.54) is 22.6 Å². The molecule has 34 heavy (non-hydrogen) atoms. The van der Waals surface area contributed by atoms with Crippen molar-refractivity contribution >= 4 is 29.1 Å². The SMILES string of the molecule is COc1nc(C(=CCCN2C(=O)c3ccccc3C2=O)c2ccc(SC)cc2)ccc1C1CC1. The Morgan fingerprint density at radius 3 is 2.29 bits per heavy atom. The predicted octanol–water partition coefficient (Wildman–Crippen LogP) is 5.81. The number of rotatable bonds is 8. The van der Waals surface area contributed by atoms with Crippen LogP contribution in [0.2, 0.25) is 0 Å². The van der Waals surface area contributed by atoms with Gasteiger partial charge in [0.05, 0.1) is 23.9 Å². The van der Waals surface area contributed by atoms with Crippen LogP contribution in [0.1, 0.15) is 62.7 Å². The highest BCUT2D eigenvalue weighted by molar-refractivity contribution is 7.98. The number of hydrogen-bond donors (Lipinski definition) is 0. The maximum absolute atomic E-state index is 12.7. The number of carbonyl (C=O) groups excluding carboxylic acids is 2. The fourth-order valence-corrected chi connectivity index (χ4v) is 4.80. The second kappa shape index (κ2) is 9.47. The van der Waals surface area contributed by atoms with E-state index in [4.69, 9.17) is 9.72 Å². The molecule has 0 atom stereocenters. The number of thioether (sulfide) groups is 1. The highest BCUT2D eigenvalue weighted by Crippen LogP contribution is 2.44. The van der Waals surface area contributed by atoms with E-state index in [-0.39, 0.29) is 11.8 Å². The van der Waals surface area contributed by atoms with Crippen molar-refractivity contribution in [2.45, 2.75) is 30.1 Å². The maximum atomic E-state index is 12.7. The Morgan fingerprint density at radius 2 is 1.71 bits per heavy atom. The third-order valence-corrected chi connectivity index (χ3v) is 7.10. The lowest BCUT2D eigenvalue weighted by Crippen LogP contribution is -2.30. The Labute approximate surface area is 203 Å². The second-order valence-corrected chi connectivity index (χ2v) is 9.39. The van der Waals surface area contributed by atoms with Crippen LogP contribution in [0.15, 0.2) is 71.6 Å². The van der Waals surface area contributed by atoms with Crippen molar-refractivity contribution < 1.29 is 14.3 Å². The van der Waals surface area contributed by atoms with E-state index in [0.29, 0.717) is 35.9 Å². The lowest BCUT2D eigenvalue weighted by atomic mass is 10.00. The van der Waals surface area contributed by atoms with Crippen LogP contribution >= 0.6 is 11.8 Å². The van der Waals surface area contributed by atoms with Crippen LogP contribution in [-0.2, 0) is 0 Å². The van der Waals surface area contributed by atoms with E-state index in [2.05, 4.69) is 42.7 Å². The number of benzene rings is 2. The monoisotopic (exact) mass is 470 g/mol. The average Bonchev–Trinajstić information content (AvgIpc) is 3.70. The Hall–Kier alpha value is -3.38. The summed E-state index contributed by atoms with van der Waals surface area (Å²) in [5.41, 5.74) is 4.94. The van der Waals surface area contributed by atoms with E-state index >= 15 is 0 Å². The molecule has 2 aliphatic rings. The van der Waals surface area contributed by atoms with Crippen molar-refractivity contribution in [2.24, 2.45) is 0 Å². The fourth-order valence-electron chi connectivity index (χ4n) is 4.39. The van der Waals surface area contributed by atoms with Crippen LogP contribution in [0, 0.1) is 0 Å². The molecule has 3 aromatic rings. The summed E-state index contributed by atoms with van der Waals surface area (Å²) < 4.78 is 5.62. The third-order valence-electron chi connectivity index (χ3n) is 6.36. The lowest BCUT2D eigenvalue weighted by molar-refractivity contribution is 0.0657. The second-order valence-electron chi connectivity index (χ2n) is 8.51. The van der Waals surface area contributed by atoms with Crippen molar-refractivity contribution in [3.8, 4) is 5.88 Å². The van der Waals surface area contributed by atoms with E-state index in [0.717, 1.165) is 22.4 Å². The van der Waals surface area contributed by atoms with Crippen LogP contribution in [-0.4, -0.2) is 41.6 Å². The molecule has 2 aromatic carbocycles. The summed E-state index contributed by atoms with van der Waals surface area (Å²) in [5, 5.41) is 0. The summed E-state index contributed by atoms with van der Waals surface area (Å²) in [7, 11) is 1.66. The number of nitrogens with zero attached hydrogens (tertiary/aromatic N) is 2. The van der Waals surface area contributed by atoms with E-state index < -0.39 is 0 Å². The van der Waals surface area contributed by atoms with Crippen LogP contribution in [0.3, 0.4) is 0 Å². The minimum Gasteiger partial charge on any atom is -0.481 e. The van der Waals surface area contributed by atoms with Gasteiger partial charge in [-0.05, 0) is 67.3 Å². The van der Waals surface area contributed by atoms with Gasteiger partial charge in [0.2, 0.25) is 5.88 Å². The van der Waals surface area contributed by atoms with Gasteiger partial charge in [0.25, 0.3) is 11.8 Å². The molecule has 6 heteroatoms. The first-order valence-electron chi connectivity index (χ1n) is 11.5. The van der Waals surface area contributed by atoms with Crippen molar-refractivity contribution in [1.29, 1.82) is 0 Å². The average molecular weight is 471 g/mol. The lowest BCUT2D eigenvalue weighted by Gasteiger charge is -2.15. The van der Waals surface area contributed by atoms with Crippen molar-refractivity contribution in [3.05, 3.63) is 94.7 Å². The van der Waals surface area contributed by atoms with Crippen LogP contribution in [0.5, 0.6) is 5.88 Å². The number of aromatic nitrogens is 1. The summed E-state index contributed by atoms with van der Waals surface area (Å²) in [6.45, 7) is 0.316. The van der Waals surface area contributed by atoms with Crippen LogP contribution in [0.4, 0.5) is 0 Å². The Morgan fingerprint density at radius 1 is 1.03 bits per heavy atom. The molecule has 0 unspecified atom stereocenters. The topological polar surface area (TPSA) is 59.5 Å². The van der Waals surface area contributed by atoms with Gasteiger partial charge >= 0.3 is 0 Å².